The van der Waals surface area contributed by atoms with Gasteiger partial charge in [0.15, 0.2) is 6.61 Å². The number of aromatic nitrogens is 3. The number of rotatable bonds is 6. The second-order valence-corrected chi connectivity index (χ2v) is 8.54. The summed E-state index contributed by atoms with van der Waals surface area (Å²) in [4.78, 5) is 33.7. The van der Waals surface area contributed by atoms with Crippen LogP contribution in [0.15, 0.2) is 30.6 Å². The number of likely N-dealkylation sites (tertiary alicyclic amines) is 1. The van der Waals surface area contributed by atoms with Crippen LogP contribution in [0, 0.1) is 0 Å². The highest BCUT2D eigenvalue weighted by Gasteiger charge is 2.31. The molecule has 4 rings (SSSR count). The standard InChI is InChI=1S/C23H31N5O3/c1-27(18-9-3-2-4-10-18)23(30)19-14-25-26-22(19)17-8-7-13-28(15-17)21(29)16-31-20-11-5-6-12-24-20/h5-6,11-12,14,17-18H,2-4,7-10,13,15-16H2,1H3,(H,25,26)/t17-/m0/s1. The molecule has 0 unspecified atom stereocenters. The Bertz CT molecular complexity index is 878. The lowest BCUT2D eigenvalue weighted by Crippen LogP contribution is -2.42. The molecular weight excluding hydrogens is 394 g/mol. The van der Waals surface area contributed by atoms with Crippen LogP contribution in [0.2, 0.25) is 0 Å². The van der Waals surface area contributed by atoms with E-state index >= 15 is 0 Å². The summed E-state index contributed by atoms with van der Waals surface area (Å²) >= 11 is 0. The molecule has 1 aliphatic heterocycles. The Morgan fingerprint density at radius 1 is 1.19 bits per heavy atom. The Hall–Kier alpha value is -2.90. The van der Waals surface area contributed by atoms with Crippen molar-refractivity contribution in [3.05, 3.63) is 41.9 Å². The van der Waals surface area contributed by atoms with Crippen LogP contribution < -0.4 is 4.74 Å². The molecule has 1 saturated heterocycles. The third-order valence-electron chi connectivity index (χ3n) is 6.51. The second kappa shape index (κ2) is 9.94. The molecule has 2 aromatic rings. The minimum Gasteiger partial charge on any atom is -0.468 e. The van der Waals surface area contributed by atoms with Crippen LogP contribution in [-0.4, -0.2) is 69.6 Å². The van der Waals surface area contributed by atoms with Crippen LogP contribution in [0.1, 0.15) is 66.9 Å². The minimum absolute atomic E-state index is 0.0255. The summed E-state index contributed by atoms with van der Waals surface area (Å²) < 4.78 is 5.52. The first-order chi connectivity index (χ1) is 15.1. The van der Waals surface area contributed by atoms with Crippen LogP contribution in [0.3, 0.4) is 0 Å². The van der Waals surface area contributed by atoms with Gasteiger partial charge in [0, 0.05) is 44.4 Å². The van der Waals surface area contributed by atoms with Gasteiger partial charge in [-0.15, -0.1) is 0 Å². The number of aromatic amines is 1. The zero-order valence-corrected chi connectivity index (χ0v) is 18.1. The summed E-state index contributed by atoms with van der Waals surface area (Å²) in [6, 6.07) is 5.67. The summed E-state index contributed by atoms with van der Waals surface area (Å²) in [5.74, 6) is 0.463. The Morgan fingerprint density at radius 3 is 2.81 bits per heavy atom. The quantitative estimate of drug-likeness (QED) is 0.768. The van der Waals surface area contributed by atoms with Crippen molar-refractivity contribution in [1.82, 2.24) is 25.0 Å². The molecular formula is C23H31N5O3. The number of pyridine rings is 1. The molecule has 0 bridgehead atoms. The predicted molar refractivity (Wildman–Crippen MR) is 116 cm³/mol. The van der Waals surface area contributed by atoms with Crippen LogP contribution in [0.4, 0.5) is 0 Å². The van der Waals surface area contributed by atoms with Crippen molar-refractivity contribution in [1.29, 1.82) is 0 Å². The number of nitrogens with one attached hydrogen (secondary N) is 1. The average molecular weight is 426 g/mol. The molecule has 0 radical (unpaired) electrons. The molecule has 2 aliphatic rings. The minimum atomic E-state index is -0.0675. The van der Waals surface area contributed by atoms with Gasteiger partial charge in [0.05, 0.1) is 17.5 Å². The molecule has 2 aromatic heterocycles. The van der Waals surface area contributed by atoms with Crippen molar-refractivity contribution >= 4 is 11.8 Å². The maximum Gasteiger partial charge on any atom is 0.260 e. The predicted octanol–water partition coefficient (Wildman–Crippen LogP) is 2.99. The summed E-state index contributed by atoms with van der Waals surface area (Å²) in [6.45, 7) is 1.21. The van der Waals surface area contributed by atoms with Gasteiger partial charge in [0.1, 0.15) is 0 Å². The number of hydrogen-bond acceptors (Lipinski definition) is 5. The van der Waals surface area contributed by atoms with Gasteiger partial charge >= 0.3 is 0 Å². The number of hydrogen-bond donors (Lipinski definition) is 1. The zero-order valence-electron chi connectivity index (χ0n) is 18.1. The Morgan fingerprint density at radius 2 is 2.03 bits per heavy atom. The number of ether oxygens (including phenoxy) is 1. The van der Waals surface area contributed by atoms with Crippen molar-refractivity contribution in [2.45, 2.75) is 56.9 Å². The van der Waals surface area contributed by atoms with Crippen molar-refractivity contribution in [3.8, 4) is 5.88 Å². The first kappa shape index (κ1) is 21.3. The molecule has 166 valence electrons. The number of H-pyrrole nitrogens is 1. The number of carbonyl (C=O) groups excluding carboxylic acids is 2. The fourth-order valence-corrected chi connectivity index (χ4v) is 4.70. The van der Waals surface area contributed by atoms with E-state index in [-0.39, 0.29) is 24.3 Å². The van der Waals surface area contributed by atoms with Gasteiger partial charge in [0.25, 0.3) is 11.8 Å². The number of amides is 2. The first-order valence-corrected chi connectivity index (χ1v) is 11.3. The molecule has 8 heteroatoms. The van der Waals surface area contributed by atoms with E-state index in [9.17, 15) is 9.59 Å². The molecule has 3 heterocycles. The molecule has 8 nitrogen and oxygen atoms in total. The molecule has 1 N–H and O–H groups in total. The first-order valence-electron chi connectivity index (χ1n) is 11.3. The van der Waals surface area contributed by atoms with E-state index in [1.807, 2.05) is 22.9 Å². The second-order valence-electron chi connectivity index (χ2n) is 8.54. The van der Waals surface area contributed by atoms with Gasteiger partial charge in [-0.25, -0.2) is 4.98 Å². The molecule has 1 aliphatic carbocycles. The maximum atomic E-state index is 13.2. The molecule has 0 spiro atoms. The van der Waals surface area contributed by atoms with E-state index in [0.29, 0.717) is 30.6 Å². The van der Waals surface area contributed by atoms with Crippen molar-refractivity contribution in [3.63, 3.8) is 0 Å². The monoisotopic (exact) mass is 425 g/mol. The fraction of sp³-hybridized carbons (Fsp3) is 0.565. The molecule has 2 fully saturated rings. The van der Waals surface area contributed by atoms with Gasteiger partial charge < -0.3 is 14.5 Å². The Balaban J connectivity index is 1.39. The van der Waals surface area contributed by atoms with E-state index in [4.69, 9.17) is 4.74 Å². The van der Waals surface area contributed by atoms with Gasteiger partial charge in [-0.3, -0.25) is 14.7 Å². The molecule has 1 saturated carbocycles. The average Bonchev–Trinajstić information content (AvgIpc) is 3.33. The smallest absolute Gasteiger partial charge is 0.260 e. The SMILES string of the molecule is CN(C(=O)c1cn[nH]c1[C@H]1CCCN(C(=O)COc2ccccn2)C1)C1CCCCC1. The summed E-state index contributed by atoms with van der Waals surface area (Å²) in [5, 5.41) is 7.24. The lowest BCUT2D eigenvalue weighted by Gasteiger charge is -2.34. The topological polar surface area (TPSA) is 91.4 Å². The van der Waals surface area contributed by atoms with Gasteiger partial charge in [-0.1, -0.05) is 25.3 Å². The third kappa shape index (κ3) is 5.06. The normalized spacial score (nSPS) is 19.8. The highest BCUT2D eigenvalue weighted by Crippen LogP contribution is 2.30. The van der Waals surface area contributed by atoms with Crippen LogP contribution >= 0.6 is 0 Å². The fourth-order valence-electron chi connectivity index (χ4n) is 4.70. The Labute approximate surface area is 183 Å². The van der Waals surface area contributed by atoms with Crippen molar-refractivity contribution < 1.29 is 14.3 Å². The maximum absolute atomic E-state index is 13.2. The van der Waals surface area contributed by atoms with E-state index in [1.165, 1.54) is 19.3 Å². The van der Waals surface area contributed by atoms with Gasteiger partial charge in [-0.2, -0.15) is 5.10 Å². The molecule has 31 heavy (non-hydrogen) atoms. The number of carbonyl (C=O) groups is 2. The van der Waals surface area contributed by atoms with Gasteiger partial charge in [-0.05, 0) is 31.7 Å². The van der Waals surface area contributed by atoms with Crippen molar-refractivity contribution in [2.24, 2.45) is 0 Å². The van der Waals surface area contributed by atoms with Crippen molar-refractivity contribution in [2.75, 3.05) is 26.7 Å². The zero-order chi connectivity index (χ0) is 21.6. The van der Waals surface area contributed by atoms with E-state index in [1.54, 1.807) is 24.5 Å². The summed E-state index contributed by atoms with van der Waals surface area (Å²) in [7, 11) is 1.90. The van der Waals surface area contributed by atoms with E-state index < -0.39 is 0 Å². The highest BCUT2D eigenvalue weighted by atomic mass is 16.5. The lowest BCUT2D eigenvalue weighted by atomic mass is 9.91. The number of nitrogens with zero attached hydrogens (tertiary/aromatic N) is 4. The number of piperidine rings is 1. The van der Waals surface area contributed by atoms with Crippen LogP contribution in [0.25, 0.3) is 0 Å². The Kier molecular flexibility index (Phi) is 6.84. The summed E-state index contributed by atoms with van der Waals surface area (Å²) in [6.07, 6.45) is 10.8. The van der Waals surface area contributed by atoms with E-state index in [0.717, 1.165) is 31.4 Å². The van der Waals surface area contributed by atoms with E-state index in [2.05, 4.69) is 15.2 Å². The lowest BCUT2D eigenvalue weighted by molar-refractivity contribution is -0.134. The highest BCUT2D eigenvalue weighted by molar-refractivity contribution is 5.95. The molecule has 0 aromatic carbocycles. The third-order valence-corrected chi connectivity index (χ3v) is 6.51. The summed E-state index contributed by atoms with van der Waals surface area (Å²) in [5.41, 5.74) is 1.48. The van der Waals surface area contributed by atoms with Gasteiger partial charge in [0.2, 0.25) is 5.88 Å². The van der Waals surface area contributed by atoms with Crippen LogP contribution in [0.5, 0.6) is 5.88 Å². The molecule has 2 amide bonds. The molecule has 1 atom stereocenters. The van der Waals surface area contributed by atoms with Crippen LogP contribution in [-0.2, 0) is 4.79 Å². The largest absolute Gasteiger partial charge is 0.468 e.